The Bertz CT molecular complexity index is 1430. The van der Waals surface area contributed by atoms with E-state index in [4.69, 9.17) is 14.2 Å². The van der Waals surface area contributed by atoms with E-state index in [1.165, 1.54) is 22.7 Å². The maximum atomic E-state index is 13.6. The highest BCUT2D eigenvalue weighted by Gasteiger charge is 2.33. The fourth-order valence-electron chi connectivity index (χ4n) is 3.70. The lowest BCUT2D eigenvalue weighted by atomic mass is 10.0. The normalized spacial score (nSPS) is 15.5. The van der Waals surface area contributed by atoms with Crippen LogP contribution in [0.5, 0.6) is 11.5 Å². The highest BCUT2D eigenvalue weighted by molar-refractivity contribution is 7.10. The van der Waals surface area contributed by atoms with Gasteiger partial charge in [-0.05, 0) is 49.1 Å². The lowest BCUT2D eigenvalue weighted by Crippen LogP contribution is -2.39. The predicted molar refractivity (Wildman–Crippen MR) is 133 cm³/mol. The van der Waals surface area contributed by atoms with Gasteiger partial charge in [0, 0.05) is 4.88 Å². The van der Waals surface area contributed by atoms with Crippen molar-refractivity contribution < 1.29 is 19.0 Å². The van der Waals surface area contributed by atoms with Crippen molar-refractivity contribution in [2.75, 3.05) is 20.3 Å². The maximum absolute atomic E-state index is 13.6. The minimum Gasteiger partial charge on any atom is -0.493 e. The van der Waals surface area contributed by atoms with Crippen molar-refractivity contribution in [3.8, 4) is 11.5 Å². The maximum Gasteiger partial charge on any atom is 0.338 e. The number of carbonyl (C=O) groups is 1. The largest absolute Gasteiger partial charge is 0.493 e. The molecule has 0 amide bonds. The van der Waals surface area contributed by atoms with Crippen LogP contribution in [0.2, 0.25) is 0 Å². The molecule has 0 spiro atoms. The molecule has 0 N–H and O–H groups in total. The second-order valence-corrected chi connectivity index (χ2v) is 9.32. The van der Waals surface area contributed by atoms with Crippen molar-refractivity contribution in [3.63, 3.8) is 0 Å². The summed E-state index contributed by atoms with van der Waals surface area (Å²) >= 11 is 2.76. The Morgan fingerprint density at radius 2 is 2.12 bits per heavy atom. The van der Waals surface area contributed by atoms with Crippen LogP contribution >= 0.6 is 22.7 Å². The number of allylic oxidation sites excluding steroid dienone is 1. The molecule has 9 heteroatoms. The molecule has 0 fully saturated rings. The van der Waals surface area contributed by atoms with E-state index < -0.39 is 12.0 Å². The number of thiophene rings is 1. The number of carbonyl (C=O) groups excluding carboxylic acids is 1. The highest BCUT2D eigenvalue weighted by Crippen LogP contribution is 2.33. The van der Waals surface area contributed by atoms with Gasteiger partial charge in [0.1, 0.15) is 12.6 Å². The molecule has 1 aromatic carbocycles. The number of esters is 1. The number of benzene rings is 1. The Balaban J connectivity index is 1.85. The number of nitrogens with zero attached hydrogens (tertiary/aromatic N) is 2. The predicted octanol–water partition coefficient (Wildman–Crippen LogP) is 3.43. The van der Waals surface area contributed by atoms with Crippen LogP contribution in [0.25, 0.3) is 6.08 Å². The first-order chi connectivity index (χ1) is 16.5. The van der Waals surface area contributed by atoms with Gasteiger partial charge in [-0.15, -0.1) is 11.3 Å². The summed E-state index contributed by atoms with van der Waals surface area (Å²) in [6.07, 6.45) is 3.45. The number of fused-ring (bicyclic) bond motifs is 1. The Morgan fingerprint density at radius 3 is 2.79 bits per heavy atom. The van der Waals surface area contributed by atoms with Crippen LogP contribution in [0.4, 0.5) is 0 Å². The summed E-state index contributed by atoms with van der Waals surface area (Å²) in [5.41, 5.74) is 1.49. The zero-order chi connectivity index (χ0) is 24.2. The Kier molecular flexibility index (Phi) is 7.14. The molecule has 0 aliphatic carbocycles. The number of methoxy groups -OCH3 is 1. The van der Waals surface area contributed by atoms with E-state index in [1.54, 1.807) is 43.7 Å². The number of hydrogen-bond donors (Lipinski definition) is 0. The summed E-state index contributed by atoms with van der Waals surface area (Å²) in [6, 6.07) is 8.69. The molecule has 1 atom stereocenters. The van der Waals surface area contributed by atoms with Crippen LogP contribution in [-0.2, 0) is 9.53 Å². The second-order valence-electron chi connectivity index (χ2n) is 7.33. The first kappa shape index (κ1) is 23.7. The van der Waals surface area contributed by atoms with Gasteiger partial charge >= 0.3 is 5.97 Å². The molecule has 1 unspecified atom stereocenters. The van der Waals surface area contributed by atoms with Crippen molar-refractivity contribution in [2.45, 2.75) is 19.9 Å². The topological polar surface area (TPSA) is 79.1 Å². The lowest BCUT2D eigenvalue weighted by Gasteiger charge is -2.23. The summed E-state index contributed by atoms with van der Waals surface area (Å²) in [4.78, 5) is 32.4. The fraction of sp³-hybridized carbons (Fsp3) is 0.240. The highest BCUT2D eigenvalue weighted by atomic mass is 32.1. The Hall–Kier alpha value is -3.43. The third-order valence-corrected chi connectivity index (χ3v) is 7.08. The van der Waals surface area contributed by atoms with Crippen molar-refractivity contribution in [1.82, 2.24) is 4.57 Å². The number of ether oxygens (including phenoxy) is 3. The average Bonchev–Trinajstić information content (AvgIpc) is 3.46. The first-order valence-electron chi connectivity index (χ1n) is 10.6. The van der Waals surface area contributed by atoms with Gasteiger partial charge in [-0.25, -0.2) is 9.79 Å². The molecule has 0 bridgehead atoms. The number of rotatable bonds is 8. The second kappa shape index (κ2) is 10.2. The molecule has 4 rings (SSSR count). The number of aromatic nitrogens is 1. The van der Waals surface area contributed by atoms with Crippen LogP contribution in [-0.4, -0.2) is 30.9 Å². The molecule has 1 aliphatic rings. The summed E-state index contributed by atoms with van der Waals surface area (Å²) < 4.78 is 18.4. The van der Waals surface area contributed by atoms with E-state index in [-0.39, 0.29) is 12.2 Å². The summed E-state index contributed by atoms with van der Waals surface area (Å²) in [5, 5.41) is 1.92. The van der Waals surface area contributed by atoms with Crippen molar-refractivity contribution in [1.29, 1.82) is 0 Å². The monoisotopic (exact) mass is 496 g/mol. The lowest BCUT2D eigenvalue weighted by molar-refractivity contribution is -0.139. The van der Waals surface area contributed by atoms with Gasteiger partial charge in [0.25, 0.3) is 5.56 Å². The zero-order valence-corrected chi connectivity index (χ0v) is 20.7. The molecule has 3 aromatic rings. The molecular formula is C25H24N2O5S2. The molecule has 0 radical (unpaired) electrons. The molecular weight excluding hydrogens is 472 g/mol. The smallest absolute Gasteiger partial charge is 0.338 e. The number of thiazole rings is 1. The standard InChI is InChI=1S/C25H24N2O5S2/c1-5-11-32-17-10-9-16(13-18(17)30-4)14-20-23(28)27-22(19-8-7-12-33-19)21(24(29)31-6-2)15(3)26-25(27)34-20/h5,7-10,12-14,22H,1,6,11H2,2-4H3/b20-14+. The Morgan fingerprint density at radius 1 is 1.29 bits per heavy atom. The SMILES string of the molecule is C=CCOc1ccc(/C=c2/sc3n(c2=O)C(c2cccs2)C(C(=O)OCC)=C(C)N=3)cc1OC. The molecule has 3 heterocycles. The van der Waals surface area contributed by atoms with Gasteiger partial charge in [0.05, 0.1) is 29.5 Å². The van der Waals surface area contributed by atoms with Gasteiger partial charge < -0.3 is 14.2 Å². The molecule has 0 saturated carbocycles. The van der Waals surface area contributed by atoms with E-state index in [2.05, 4.69) is 11.6 Å². The quantitative estimate of drug-likeness (QED) is 0.353. The first-order valence-corrected chi connectivity index (χ1v) is 12.3. The molecule has 1 aliphatic heterocycles. The minimum absolute atomic E-state index is 0.220. The summed E-state index contributed by atoms with van der Waals surface area (Å²) in [7, 11) is 1.56. The van der Waals surface area contributed by atoms with Gasteiger partial charge in [-0.3, -0.25) is 9.36 Å². The summed E-state index contributed by atoms with van der Waals surface area (Å²) in [5.74, 6) is 0.685. The average molecular weight is 497 g/mol. The van der Waals surface area contributed by atoms with Crippen LogP contribution in [0.3, 0.4) is 0 Å². The molecule has 7 nitrogen and oxygen atoms in total. The van der Waals surface area contributed by atoms with Crippen molar-refractivity contribution in [3.05, 3.63) is 89.8 Å². The summed E-state index contributed by atoms with van der Waals surface area (Å²) in [6.45, 7) is 7.79. The van der Waals surface area contributed by atoms with E-state index >= 15 is 0 Å². The fourth-order valence-corrected chi connectivity index (χ4v) is 5.57. The molecule has 34 heavy (non-hydrogen) atoms. The van der Waals surface area contributed by atoms with E-state index in [0.29, 0.717) is 38.7 Å². The van der Waals surface area contributed by atoms with Crippen LogP contribution < -0.4 is 24.4 Å². The third kappa shape index (κ3) is 4.49. The molecule has 176 valence electrons. The van der Waals surface area contributed by atoms with Gasteiger partial charge in [0.2, 0.25) is 0 Å². The Labute approximate surface area is 204 Å². The molecule has 0 saturated heterocycles. The van der Waals surface area contributed by atoms with Crippen molar-refractivity contribution in [2.24, 2.45) is 4.99 Å². The van der Waals surface area contributed by atoms with Gasteiger partial charge in [-0.2, -0.15) is 0 Å². The van der Waals surface area contributed by atoms with Crippen molar-refractivity contribution >= 4 is 34.7 Å². The third-order valence-electron chi connectivity index (χ3n) is 5.17. The van der Waals surface area contributed by atoms with Crippen LogP contribution in [0, 0.1) is 0 Å². The van der Waals surface area contributed by atoms with Gasteiger partial charge in [-0.1, -0.05) is 36.1 Å². The minimum atomic E-state index is -0.582. The van der Waals surface area contributed by atoms with E-state index in [0.717, 1.165) is 10.4 Å². The number of hydrogen-bond acceptors (Lipinski definition) is 8. The van der Waals surface area contributed by atoms with E-state index in [1.807, 2.05) is 29.6 Å². The molecule has 2 aromatic heterocycles. The van der Waals surface area contributed by atoms with E-state index in [9.17, 15) is 9.59 Å². The van der Waals surface area contributed by atoms with Crippen LogP contribution in [0.1, 0.15) is 30.3 Å². The van der Waals surface area contributed by atoms with Gasteiger partial charge in [0.15, 0.2) is 16.3 Å². The zero-order valence-electron chi connectivity index (χ0n) is 19.1. The van der Waals surface area contributed by atoms with Crippen LogP contribution in [0.15, 0.2) is 69.4 Å².